The molecule has 0 spiro atoms. The molecule has 1 aromatic rings. The zero-order chi connectivity index (χ0) is 9.68. The van der Waals surface area contributed by atoms with Crippen LogP contribution in [0.5, 0.6) is 0 Å². The van der Waals surface area contributed by atoms with Crippen molar-refractivity contribution in [2.45, 2.75) is 26.2 Å². The molecule has 1 aromatic heterocycles. The number of hydrogen-bond acceptors (Lipinski definition) is 1. The van der Waals surface area contributed by atoms with Crippen LogP contribution in [0.4, 0.5) is 0 Å². The normalized spacial score (nSPS) is 13.2. The quantitative estimate of drug-likeness (QED) is 0.729. The summed E-state index contributed by atoms with van der Waals surface area (Å²) in [6.45, 7) is 2.28. The lowest BCUT2D eigenvalue weighted by molar-refractivity contribution is 0.566. The Balaban J connectivity index is 2.20. The maximum atomic E-state index is 4.14. The first-order chi connectivity index (χ1) is 6.22. The Morgan fingerprint density at radius 2 is 2.38 bits per heavy atom. The highest BCUT2D eigenvalue weighted by atomic mass is 79.9. The summed E-state index contributed by atoms with van der Waals surface area (Å²) in [4.78, 5) is 0. The van der Waals surface area contributed by atoms with Crippen LogP contribution < -0.4 is 0 Å². The van der Waals surface area contributed by atoms with E-state index in [1.165, 1.54) is 18.4 Å². The topological polar surface area (TPSA) is 17.8 Å². The zero-order valence-electron chi connectivity index (χ0n) is 8.33. The van der Waals surface area contributed by atoms with Crippen molar-refractivity contribution in [1.82, 2.24) is 9.78 Å². The third-order valence-corrected chi connectivity index (χ3v) is 3.29. The van der Waals surface area contributed by atoms with Crippen LogP contribution in [0.25, 0.3) is 0 Å². The molecule has 13 heavy (non-hydrogen) atoms. The molecule has 0 saturated heterocycles. The van der Waals surface area contributed by atoms with Crippen molar-refractivity contribution in [1.29, 1.82) is 0 Å². The second-order valence-electron chi connectivity index (χ2n) is 3.67. The molecule has 0 fully saturated rings. The molecule has 0 saturated carbocycles. The molecule has 0 radical (unpaired) electrons. The predicted octanol–water partition coefficient (Wildman–Crippen LogP) is 2.77. The van der Waals surface area contributed by atoms with Gasteiger partial charge in [-0.25, -0.2) is 0 Å². The molecule has 0 aliphatic rings. The lowest BCUT2D eigenvalue weighted by Crippen LogP contribution is -1.96. The van der Waals surface area contributed by atoms with Crippen molar-refractivity contribution in [3.8, 4) is 0 Å². The lowest BCUT2D eigenvalue weighted by atomic mass is 10.0. The van der Waals surface area contributed by atoms with E-state index in [0.29, 0.717) is 0 Å². The SMILES string of the molecule is CC(CBr)CCCc1cnn(C)c1. The van der Waals surface area contributed by atoms with Gasteiger partial charge in [0.15, 0.2) is 0 Å². The third-order valence-electron chi connectivity index (χ3n) is 2.18. The summed E-state index contributed by atoms with van der Waals surface area (Å²) >= 11 is 3.49. The molecule has 0 N–H and O–H groups in total. The second kappa shape index (κ2) is 5.43. The summed E-state index contributed by atoms with van der Waals surface area (Å²) in [5.74, 6) is 0.789. The van der Waals surface area contributed by atoms with E-state index in [-0.39, 0.29) is 0 Å². The van der Waals surface area contributed by atoms with Crippen LogP contribution in [-0.4, -0.2) is 15.1 Å². The van der Waals surface area contributed by atoms with Gasteiger partial charge in [0.05, 0.1) is 6.20 Å². The van der Waals surface area contributed by atoms with Gasteiger partial charge >= 0.3 is 0 Å². The van der Waals surface area contributed by atoms with Crippen LogP contribution in [-0.2, 0) is 13.5 Å². The highest BCUT2D eigenvalue weighted by Crippen LogP contribution is 2.11. The van der Waals surface area contributed by atoms with Gasteiger partial charge in [-0.15, -0.1) is 0 Å². The van der Waals surface area contributed by atoms with E-state index in [2.05, 4.69) is 34.1 Å². The molecule has 1 rings (SSSR count). The van der Waals surface area contributed by atoms with Crippen molar-refractivity contribution in [2.75, 3.05) is 5.33 Å². The van der Waals surface area contributed by atoms with Gasteiger partial charge in [-0.1, -0.05) is 22.9 Å². The van der Waals surface area contributed by atoms with Crippen LogP contribution in [0.1, 0.15) is 25.3 Å². The zero-order valence-corrected chi connectivity index (χ0v) is 9.92. The van der Waals surface area contributed by atoms with Crippen molar-refractivity contribution >= 4 is 15.9 Å². The Morgan fingerprint density at radius 3 is 2.92 bits per heavy atom. The van der Waals surface area contributed by atoms with E-state index in [0.717, 1.165) is 17.7 Å². The largest absolute Gasteiger partial charge is 0.276 e. The molecular weight excluding hydrogens is 228 g/mol. The Labute approximate surface area is 88.5 Å². The minimum Gasteiger partial charge on any atom is -0.276 e. The Kier molecular flexibility index (Phi) is 4.50. The van der Waals surface area contributed by atoms with Gasteiger partial charge in [0.1, 0.15) is 0 Å². The molecule has 2 nitrogen and oxygen atoms in total. The fraction of sp³-hybridized carbons (Fsp3) is 0.700. The highest BCUT2D eigenvalue weighted by Gasteiger charge is 2.00. The molecule has 0 amide bonds. The number of halogens is 1. The van der Waals surface area contributed by atoms with E-state index in [1.54, 1.807) is 0 Å². The van der Waals surface area contributed by atoms with E-state index in [9.17, 15) is 0 Å². The van der Waals surface area contributed by atoms with Gasteiger partial charge in [0, 0.05) is 18.6 Å². The average molecular weight is 245 g/mol. The van der Waals surface area contributed by atoms with Crippen molar-refractivity contribution in [2.24, 2.45) is 13.0 Å². The monoisotopic (exact) mass is 244 g/mol. The van der Waals surface area contributed by atoms with Crippen molar-refractivity contribution in [3.05, 3.63) is 18.0 Å². The van der Waals surface area contributed by atoms with E-state index >= 15 is 0 Å². The molecule has 0 aromatic carbocycles. The van der Waals surface area contributed by atoms with Crippen LogP contribution >= 0.6 is 15.9 Å². The maximum absolute atomic E-state index is 4.14. The minimum atomic E-state index is 0.789. The van der Waals surface area contributed by atoms with E-state index in [1.807, 2.05) is 17.9 Å². The summed E-state index contributed by atoms with van der Waals surface area (Å²) < 4.78 is 1.86. The Bertz CT molecular complexity index is 245. The van der Waals surface area contributed by atoms with Crippen LogP contribution in [0, 0.1) is 5.92 Å². The standard InChI is InChI=1S/C10H17BrN2/c1-9(6-11)4-3-5-10-7-12-13(2)8-10/h7-9H,3-6H2,1-2H3. The summed E-state index contributed by atoms with van der Waals surface area (Å²) in [6, 6.07) is 0. The van der Waals surface area contributed by atoms with E-state index in [4.69, 9.17) is 0 Å². The smallest absolute Gasteiger partial charge is 0.0521 e. The molecule has 1 heterocycles. The predicted molar refractivity (Wildman–Crippen MR) is 59.1 cm³/mol. The van der Waals surface area contributed by atoms with E-state index < -0.39 is 0 Å². The highest BCUT2D eigenvalue weighted by molar-refractivity contribution is 9.09. The van der Waals surface area contributed by atoms with Gasteiger partial charge < -0.3 is 0 Å². The van der Waals surface area contributed by atoms with Gasteiger partial charge in [-0.2, -0.15) is 5.10 Å². The summed E-state index contributed by atoms with van der Waals surface area (Å²) in [6.07, 6.45) is 7.77. The van der Waals surface area contributed by atoms with Gasteiger partial charge in [0.2, 0.25) is 0 Å². The van der Waals surface area contributed by atoms with Gasteiger partial charge in [0.25, 0.3) is 0 Å². The molecule has 0 aliphatic heterocycles. The molecule has 1 atom stereocenters. The molecule has 3 heteroatoms. The van der Waals surface area contributed by atoms with Crippen LogP contribution in [0.15, 0.2) is 12.4 Å². The minimum absolute atomic E-state index is 0.789. The second-order valence-corrected chi connectivity index (χ2v) is 4.32. The Hall–Kier alpha value is -0.310. The first-order valence-corrected chi connectivity index (χ1v) is 5.88. The van der Waals surface area contributed by atoms with Crippen LogP contribution in [0.2, 0.25) is 0 Å². The summed E-state index contributed by atoms with van der Waals surface area (Å²) in [5, 5.41) is 5.25. The number of rotatable bonds is 5. The summed E-state index contributed by atoms with van der Waals surface area (Å²) in [5.41, 5.74) is 1.35. The third kappa shape index (κ3) is 3.94. The molecule has 0 bridgehead atoms. The number of nitrogens with zero attached hydrogens (tertiary/aromatic N) is 2. The lowest BCUT2D eigenvalue weighted by Gasteiger charge is -2.05. The molecular formula is C10H17BrN2. The van der Waals surface area contributed by atoms with Crippen molar-refractivity contribution < 1.29 is 0 Å². The number of aryl methyl sites for hydroxylation is 2. The fourth-order valence-corrected chi connectivity index (χ4v) is 1.66. The number of aromatic nitrogens is 2. The van der Waals surface area contributed by atoms with Gasteiger partial charge in [-0.3, -0.25) is 4.68 Å². The average Bonchev–Trinajstić information content (AvgIpc) is 2.51. The number of hydrogen-bond donors (Lipinski definition) is 0. The maximum Gasteiger partial charge on any atom is 0.0521 e. The fourth-order valence-electron chi connectivity index (χ4n) is 1.33. The molecule has 1 unspecified atom stereocenters. The van der Waals surface area contributed by atoms with Crippen molar-refractivity contribution in [3.63, 3.8) is 0 Å². The first kappa shape index (κ1) is 10.8. The molecule has 0 aliphatic carbocycles. The molecule has 74 valence electrons. The summed E-state index contributed by atoms with van der Waals surface area (Å²) in [7, 11) is 1.96. The Morgan fingerprint density at radius 1 is 1.62 bits per heavy atom. The van der Waals surface area contributed by atoms with Gasteiger partial charge in [-0.05, 0) is 30.7 Å². The first-order valence-electron chi connectivity index (χ1n) is 4.76. The van der Waals surface area contributed by atoms with Crippen LogP contribution in [0.3, 0.4) is 0 Å². The number of alkyl halides is 1.